The number of nitrogens with zero attached hydrogens (tertiary/aromatic N) is 2. The Hall–Kier alpha value is -4.02. The van der Waals surface area contributed by atoms with Crippen LogP contribution >= 0.6 is 11.3 Å². The summed E-state index contributed by atoms with van der Waals surface area (Å²) in [5, 5.41) is 0. The van der Waals surface area contributed by atoms with Gasteiger partial charge in [-0.05, 0) is 120 Å². The highest BCUT2D eigenvalue weighted by atomic mass is 32.1. The molecule has 0 fully saturated rings. The molecular formula is C44H37N3S. The zero-order valence-corrected chi connectivity index (χ0v) is 27.8. The van der Waals surface area contributed by atoms with Crippen molar-refractivity contribution in [1.82, 2.24) is 15.0 Å². The van der Waals surface area contributed by atoms with Crippen molar-refractivity contribution in [3.8, 4) is 0 Å². The number of hydrogen-bond acceptors (Lipinski definition) is 3. The van der Waals surface area contributed by atoms with Gasteiger partial charge in [-0.2, -0.15) is 0 Å². The maximum atomic E-state index is 5.60. The fourth-order valence-corrected chi connectivity index (χ4v) is 13.2. The van der Waals surface area contributed by atoms with Crippen LogP contribution in [0.15, 0.2) is 72.9 Å². The number of aromatic nitrogens is 3. The van der Waals surface area contributed by atoms with E-state index in [-0.39, 0.29) is 0 Å². The van der Waals surface area contributed by atoms with Crippen LogP contribution in [0.5, 0.6) is 0 Å². The van der Waals surface area contributed by atoms with Gasteiger partial charge in [-0.3, -0.25) is 0 Å². The van der Waals surface area contributed by atoms with E-state index in [1.54, 1.807) is 22.3 Å². The van der Waals surface area contributed by atoms with Crippen LogP contribution in [0.2, 0.25) is 0 Å². The summed E-state index contributed by atoms with van der Waals surface area (Å²) in [6.07, 6.45) is 29.9. The van der Waals surface area contributed by atoms with Crippen LogP contribution in [0.1, 0.15) is 120 Å². The SMILES string of the molecule is C1=CC2CCC1C1=C2c2cc3[nH]c(cc4sc(cc5nc(cc1n2)C1=C5C2C=CC1CC2)c1c4C2C=CC1CC2)c1c3C2C=CC1CC2. The van der Waals surface area contributed by atoms with Crippen molar-refractivity contribution < 1.29 is 0 Å². The number of H-pyrrole nitrogens is 1. The van der Waals surface area contributed by atoms with Crippen LogP contribution in [0.25, 0.3) is 42.7 Å². The van der Waals surface area contributed by atoms with Crippen molar-refractivity contribution in [1.29, 1.82) is 0 Å². The standard InChI is InChI=1S/C44H37N3S/c1-2-22-4-3-21(1)37-29-17-31-39-23-5-9-25(10-6-23)41(39)33(46-31)19-35-43-27-13-15-28(16-14-27)44(43)36(48-35)20-34-42-26-11-7-24(8-12-26)40(42)32(47-34)18-30(45-29)38(22)37/h1-2,5,7,9,11,13,15,17-28,46H,3-4,6,8,10,12,14,16H2. The lowest BCUT2D eigenvalue weighted by molar-refractivity contribution is 0.557. The molecule has 0 aromatic carbocycles. The van der Waals surface area contributed by atoms with E-state index in [4.69, 9.17) is 9.97 Å². The van der Waals surface area contributed by atoms with E-state index in [9.17, 15) is 0 Å². The van der Waals surface area contributed by atoms with E-state index in [1.165, 1.54) is 117 Å². The van der Waals surface area contributed by atoms with E-state index < -0.39 is 0 Å². The van der Waals surface area contributed by atoms with E-state index in [0.29, 0.717) is 47.3 Å². The van der Waals surface area contributed by atoms with Crippen LogP contribution < -0.4 is 0 Å². The second-order valence-electron chi connectivity index (χ2n) is 16.1. The number of aromatic amines is 1. The second kappa shape index (κ2) is 8.95. The Kier molecular flexibility index (Phi) is 4.84. The molecule has 12 aliphatic carbocycles. The van der Waals surface area contributed by atoms with Crippen LogP contribution in [-0.4, -0.2) is 15.0 Å². The van der Waals surface area contributed by atoms with Crippen molar-refractivity contribution in [3.63, 3.8) is 0 Å². The number of fused-ring (bicyclic) bond motifs is 12. The molecule has 5 heterocycles. The third-order valence-electron chi connectivity index (χ3n) is 13.9. The van der Waals surface area contributed by atoms with Crippen LogP contribution in [-0.2, 0) is 0 Å². The van der Waals surface area contributed by atoms with Crippen LogP contribution in [0.4, 0.5) is 0 Å². The molecule has 14 aliphatic rings. The Morgan fingerprint density at radius 2 is 0.750 bits per heavy atom. The van der Waals surface area contributed by atoms with Crippen LogP contribution in [0, 0.1) is 23.7 Å². The van der Waals surface area contributed by atoms with Gasteiger partial charge in [0.05, 0.1) is 22.8 Å². The molecule has 0 saturated heterocycles. The number of hydrogen-bond donors (Lipinski definition) is 1. The highest BCUT2D eigenvalue weighted by Crippen LogP contribution is 2.57. The van der Waals surface area contributed by atoms with Gasteiger partial charge in [-0.1, -0.05) is 48.6 Å². The predicted octanol–water partition coefficient (Wildman–Crippen LogP) is 11.1. The highest BCUT2D eigenvalue weighted by Gasteiger charge is 2.41. The third kappa shape index (κ3) is 3.22. The minimum absolute atomic E-state index is 0.459. The van der Waals surface area contributed by atoms with Gasteiger partial charge in [0.2, 0.25) is 0 Å². The van der Waals surface area contributed by atoms with E-state index in [1.807, 2.05) is 11.3 Å². The van der Waals surface area contributed by atoms with Gasteiger partial charge in [0.25, 0.3) is 0 Å². The van der Waals surface area contributed by atoms with E-state index in [2.05, 4.69) is 77.9 Å². The molecule has 1 N–H and O–H groups in total. The lowest BCUT2D eigenvalue weighted by atomic mass is 9.69. The van der Waals surface area contributed by atoms with Gasteiger partial charge in [0.1, 0.15) is 0 Å². The predicted molar refractivity (Wildman–Crippen MR) is 197 cm³/mol. The molecule has 3 aromatic rings. The van der Waals surface area contributed by atoms with Gasteiger partial charge < -0.3 is 4.98 Å². The summed E-state index contributed by atoms with van der Waals surface area (Å²) >= 11 is 2.03. The molecule has 0 saturated carbocycles. The minimum Gasteiger partial charge on any atom is -0.355 e. The lowest BCUT2D eigenvalue weighted by Gasteiger charge is -2.33. The number of rotatable bonds is 0. The fourth-order valence-electron chi connectivity index (χ4n) is 11.8. The lowest BCUT2D eigenvalue weighted by Crippen LogP contribution is -2.19. The van der Waals surface area contributed by atoms with Gasteiger partial charge in [0, 0.05) is 67.8 Å². The smallest absolute Gasteiger partial charge is 0.0700 e. The summed E-state index contributed by atoms with van der Waals surface area (Å²) < 4.78 is 2.91. The number of thiophene rings is 1. The normalized spacial score (nSPS) is 33.5. The highest BCUT2D eigenvalue weighted by molar-refractivity contribution is 7.24. The Balaban J connectivity index is 1.19. The summed E-state index contributed by atoms with van der Waals surface area (Å²) in [6, 6.07) is 9.95. The van der Waals surface area contributed by atoms with Crippen molar-refractivity contribution in [2.45, 2.75) is 75.0 Å². The van der Waals surface area contributed by atoms with Crippen molar-refractivity contribution >= 4 is 54.1 Å². The van der Waals surface area contributed by atoms with Gasteiger partial charge in [-0.15, -0.1) is 11.3 Å². The summed E-state index contributed by atoms with van der Waals surface area (Å²) in [5.74, 6) is 3.90. The molecule has 2 aliphatic heterocycles. The summed E-state index contributed by atoms with van der Waals surface area (Å²) in [7, 11) is 0. The second-order valence-corrected chi connectivity index (χ2v) is 17.2. The van der Waals surface area contributed by atoms with Crippen molar-refractivity contribution in [2.75, 3.05) is 0 Å². The quantitative estimate of drug-likeness (QED) is 0.249. The Labute approximate surface area is 284 Å². The minimum atomic E-state index is 0.459. The van der Waals surface area contributed by atoms with Crippen LogP contribution in [0.3, 0.4) is 0 Å². The zero-order valence-electron chi connectivity index (χ0n) is 27.0. The first-order valence-corrected chi connectivity index (χ1v) is 19.5. The fraction of sp³-hybridized carbons (Fsp3) is 0.364. The Morgan fingerprint density at radius 1 is 0.396 bits per heavy atom. The first-order valence-electron chi connectivity index (χ1n) is 18.7. The molecule has 234 valence electrons. The molecule has 48 heavy (non-hydrogen) atoms. The average molecular weight is 640 g/mol. The maximum Gasteiger partial charge on any atom is 0.0700 e. The molecule has 17 rings (SSSR count). The van der Waals surface area contributed by atoms with E-state index in [0.717, 1.165) is 0 Å². The summed E-state index contributed by atoms with van der Waals surface area (Å²) in [5.41, 5.74) is 19.7. The van der Waals surface area contributed by atoms with Crippen molar-refractivity contribution in [2.24, 2.45) is 23.7 Å². The molecule has 3 nitrogen and oxygen atoms in total. The molecule has 16 bridgehead atoms. The first-order chi connectivity index (χ1) is 23.7. The Bertz CT molecular complexity index is 2260. The largest absolute Gasteiger partial charge is 0.355 e. The van der Waals surface area contributed by atoms with Crippen molar-refractivity contribution in [3.05, 3.63) is 118 Å². The molecule has 3 aromatic heterocycles. The first kappa shape index (κ1) is 25.9. The molecule has 0 amide bonds. The topological polar surface area (TPSA) is 41.6 Å². The number of allylic oxidation sites excluding steroid dienone is 12. The summed E-state index contributed by atoms with van der Waals surface area (Å²) in [4.78, 5) is 15.3. The van der Waals surface area contributed by atoms with Gasteiger partial charge >= 0.3 is 0 Å². The molecule has 0 spiro atoms. The van der Waals surface area contributed by atoms with Gasteiger partial charge in [0.15, 0.2) is 0 Å². The molecule has 8 unspecified atom stereocenters. The average Bonchev–Trinajstić information content (AvgIpc) is 3.92. The summed E-state index contributed by atoms with van der Waals surface area (Å²) in [6.45, 7) is 0. The number of nitrogens with one attached hydrogen (secondary N) is 1. The molecule has 8 atom stereocenters. The Morgan fingerprint density at radius 3 is 1.21 bits per heavy atom. The molecule has 4 heteroatoms. The zero-order chi connectivity index (χ0) is 30.8. The monoisotopic (exact) mass is 639 g/mol. The third-order valence-corrected chi connectivity index (χ3v) is 15.0. The molecule has 0 radical (unpaired) electrons. The molecular weight excluding hydrogens is 603 g/mol. The van der Waals surface area contributed by atoms with E-state index >= 15 is 0 Å². The van der Waals surface area contributed by atoms with Gasteiger partial charge in [-0.25, -0.2) is 9.97 Å². The maximum absolute atomic E-state index is 5.60.